The second kappa shape index (κ2) is 7.72. The van der Waals surface area contributed by atoms with Gasteiger partial charge in [0.2, 0.25) is 0 Å². The molecule has 2 N–H and O–H groups in total. The third-order valence-electron chi connectivity index (χ3n) is 3.25. The van der Waals surface area contributed by atoms with E-state index in [-0.39, 0.29) is 0 Å². The highest BCUT2D eigenvalue weighted by atomic mass is 16.5. The molecule has 112 valence electrons. The lowest BCUT2D eigenvalue weighted by Gasteiger charge is -2.28. The molecule has 0 spiro atoms. The molecule has 20 heavy (non-hydrogen) atoms. The number of methoxy groups -OCH3 is 1. The molecule has 0 saturated heterocycles. The molecule has 0 aliphatic rings. The number of nitrogens with two attached hydrogens (primary N) is 1. The smallest absolute Gasteiger partial charge is 0.340 e. The first-order chi connectivity index (χ1) is 9.51. The third-order valence-corrected chi connectivity index (χ3v) is 3.25. The van der Waals surface area contributed by atoms with Gasteiger partial charge in [-0.2, -0.15) is 0 Å². The average molecular weight is 279 g/mol. The van der Waals surface area contributed by atoms with Crippen molar-refractivity contribution < 1.29 is 9.53 Å². The molecule has 5 heteroatoms. The van der Waals surface area contributed by atoms with Crippen molar-refractivity contribution in [1.82, 2.24) is 4.98 Å². The number of nitrogen functional groups attached to an aromatic ring is 1. The number of rotatable bonds is 7. The zero-order chi connectivity index (χ0) is 15.1. The summed E-state index contributed by atoms with van der Waals surface area (Å²) in [6.07, 6.45) is 4.99. The molecule has 0 aliphatic carbocycles. The fourth-order valence-electron chi connectivity index (χ4n) is 2.07. The summed E-state index contributed by atoms with van der Waals surface area (Å²) < 4.78 is 4.75. The number of anilines is 2. The second-order valence-corrected chi connectivity index (χ2v) is 5.12. The van der Waals surface area contributed by atoms with Gasteiger partial charge in [-0.1, -0.05) is 19.8 Å². The predicted octanol–water partition coefficient (Wildman–Crippen LogP) is 2.86. The number of pyridine rings is 1. The van der Waals surface area contributed by atoms with Crippen molar-refractivity contribution in [2.24, 2.45) is 0 Å². The molecule has 1 rings (SSSR count). The highest BCUT2D eigenvalue weighted by Crippen LogP contribution is 2.21. The summed E-state index contributed by atoms with van der Waals surface area (Å²) in [5, 5.41) is 0. The van der Waals surface area contributed by atoms with Crippen LogP contribution in [0.3, 0.4) is 0 Å². The Morgan fingerprint density at radius 1 is 1.45 bits per heavy atom. The van der Waals surface area contributed by atoms with Gasteiger partial charge in [0.25, 0.3) is 0 Å². The van der Waals surface area contributed by atoms with Gasteiger partial charge in [-0.3, -0.25) is 0 Å². The Morgan fingerprint density at radius 2 is 2.15 bits per heavy atom. The standard InChI is InChI=1S/C15H25N3O2/c1-5-6-7-8-18(11(2)3)14-9-12(15(19)20-4)13(16)10-17-14/h9-11H,5-8,16H2,1-4H3. The van der Waals surface area contributed by atoms with Crippen molar-refractivity contribution >= 4 is 17.5 Å². The number of carbonyl (C=O) groups excluding carboxylic acids is 1. The topological polar surface area (TPSA) is 68.5 Å². The largest absolute Gasteiger partial charge is 0.465 e. The number of nitrogens with zero attached hydrogens (tertiary/aromatic N) is 2. The van der Waals surface area contributed by atoms with Crippen molar-refractivity contribution in [2.45, 2.75) is 46.1 Å². The minimum Gasteiger partial charge on any atom is -0.465 e. The SMILES string of the molecule is CCCCCN(c1cc(C(=O)OC)c(N)cn1)C(C)C. The van der Waals surface area contributed by atoms with E-state index >= 15 is 0 Å². The zero-order valence-corrected chi connectivity index (χ0v) is 12.8. The van der Waals surface area contributed by atoms with Gasteiger partial charge in [0, 0.05) is 12.6 Å². The van der Waals surface area contributed by atoms with E-state index < -0.39 is 5.97 Å². The third kappa shape index (κ3) is 4.11. The predicted molar refractivity (Wildman–Crippen MR) is 82.0 cm³/mol. The number of carbonyl (C=O) groups is 1. The Kier molecular flexibility index (Phi) is 6.28. The highest BCUT2D eigenvalue weighted by Gasteiger charge is 2.16. The van der Waals surface area contributed by atoms with Crippen LogP contribution in [0.1, 0.15) is 50.4 Å². The van der Waals surface area contributed by atoms with Crippen LogP contribution in [-0.2, 0) is 4.74 Å². The minimum atomic E-state index is -0.427. The van der Waals surface area contributed by atoms with Gasteiger partial charge in [0.05, 0.1) is 24.6 Å². The fourth-order valence-corrected chi connectivity index (χ4v) is 2.07. The van der Waals surface area contributed by atoms with E-state index in [9.17, 15) is 4.79 Å². The molecule has 0 fully saturated rings. The van der Waals surface area contributed by atoms with Gasteiger partial charge in [-0.15, -0.1) is 0 Å². The molecule has 5 nitrogen and oxygen atoms in total. The number of aromatic nitrogens is 1. The number of unbranched alkanes of at least 4 members (excludes halogenated alkanes) is 2. The fraction of sp³-hybridized carbons (Fsp3) is 0.600. The molecular weight excluding hydrogens is 254 g/mol. The van der Waals surface area contributed by atoms with Gasteiger partial charge in [-0.25, -0.2) is 9.78 Å². The molecule has 1 aromatic heterocycles. The first kappa shape index (κ1) is 16.3. The lowest BCUT2D eigenvalue weighted by molar-refractivity contribution is 0.0602. The molecule has 0 radical (unpaired) electrons. The van der Waals surface area contributed by atoms with Gasteiger partial charge in [0.1, 0.15) is 5.82 Å². The Morgan fingerprint density at radius 3 is 2.70 bits per heavy atom. The quantitative estimate of drug-likeness (QED) is 0.614. The summed E-state index contributed by atoms with van der Waals surface area (Å²) >= 11 is 0. The molecular formula is C15H25N3O2. The molecule has 0 atom stereocenters. The maximum absolute atomic E-state index is 11.7. The second-order valence-electron chi connectivity index (χ2n) is 5.12. The number of hydrogen-bond donors (Lipinski definition) is 1. The van der Waals surface area contributed by atoms with Crippen LogP contribution in [0, 0.1) is 0 Å². The molecule has 0 aromatic carbocycles. The summed E-state index contributed by atoms with van der Waals surface area (Å²) in [5.41, 5.74) is 6.50. The van der Waals surface area contributed by atoms with E-state index in [1.807, 2.05) is 0 Å². The summed E-state index contributed by atoms with van der Waals surface area (Å²) in [4.78, 5) is 18.2. The van der Waals surface area contributed by atoms with Crippen molar-refractivity contribution in [3.05, 3.63) is 17.8 Å². The Balaban J connectivity index is 2.99. The number of hydrogen-bond acceptors (Lipinski definition) is 5. The monoisotopic (exact) mass is 279 g/mol. The Labute approximate surface area is 121 Å². The molecule has 0 aliphatic heterocycles. The first-order valence-electron chi connectivity index (χ1n) is 7.11. The molecule has 1 aromatic rings. The molecule has 0 bridgehead atoms. The molecule has 0 unspecified atom stereocenters. The number of esters is 1. The van der Waals surface area contributed by atoms with Crippen LogP contribution < -0.4 is 10.6 Å². The molecule has 1 heterocycles. The summed E-state index contributed by atoms with van der Waals surface area (Å²) in [6, 6.07) is 2.03. The van der Waals surface area contributed by atoms with Crippen LogP contribution in [0.5, 0.6) is 0 Å². The van der Waals surface area contributed by atoms with Crippen LogP contribution >= 0.6 is 0 Å². The lowest BCUT2D eigenvalue weighted by atomic mass is 10.2. The van der Waals surface area contributed by atoms with Gasteiger partial charge in [0.15, 0.2) is 0 Å². The normalized spacial score (nSPS) is 10.7. The van der Waals surface area contributed by atoms with E-state index in [2.05, 4.69) is 30.7 Å². The summed E-state index contributed by atoms with van der Waals surface area (Å²) in [6.45, 7) is 7.32. The van der Waals surface area contributed by atoms with Gasteiger partial charge >= 0.3 is 5.97 Å². The Bertz CT molecular complexity index is 447. The van der Waals surface area contributed by atoms with Crippen molar-refractivity contribution in [2.75, 3.05) is 24.3 Å². The van der Waals surface area contributed by atoms with Crippen molar-refractivity contribution in [3.63, 3.8) is 0 Å². The van der Waals surface area contributed by atoms with Crippen LogP contribution in [0.4, 0.5) is 11.5 Å². The average Bonchev–Trinajstić information content (AvgIpc) is 2.43. The van der Waals surface area contributed by atoms with E-state index in [0.29, 0.717) is 17.3 Å². The Hall–Kier alpha value is -1.78. The maximum atomic E-state index is 11.7. The van der Waals surface area contributed by atoms with E-state index in [4.69, 9.17) is 10.5 Å². The molecule has 0 amide bonds. The highest BCUT2D eigenvalue weighted by molar-refractivity contribution is 5.95. The minimum absolute atomic E-state index is 0.313. The zero-order valence-electron chi connectivity index (χ0n) is 12.8. The van der Waals surface area contributed by atoms with Crippen molar-refractivity contribution in [3.8, 4) is 0 Å². The van der Waals surface area contributed by atoms with E-state index in [1.165, 1.54) is 26.1 Å². The van der Waals surface area contributed by atoms with Crippen molar-refractivity contribution in [1.29, 1.82) is 0 Å². The lowest BCUT2D eigenvalue weighted by Crippen LogP contribution is -2.32. The van der Waals surface area contributed by atoms with E-state index in [1.54, 1.807) is 6.07 Å². The van der Waals surface area contributed by atoms with Crippen LogP contribution in [0.25, 0.3) is 0 Å². The summed E-state index contributed by atoms with van der Waals surface area (Å²) in [5.74, 6) is 0.342. The van der Waals surface area contributed by atoms with E-state index in [0.717, 1.165) is 18.8 Å². The van der Waals surface area contributed by atoms with Gasteiger partial charge < -0.3 is 15.4 Å². The molecule has 0 saturated carbocycles. The van der Waals surface area contributed by atoms with Crippen LogP contribution in [-0.4, -0.2) is 30.6 Å². The van der Waals surface area contributed by atoms with Gasteiger partial charge in [-0.05, 0) is 26.3 Å². The first-order valence-corrected chi connectivity index (χ1v) is 7.11. The van der Waals surface area contributed by atoms with Crippen LogP contribution in [0.15, 0.2) is 12.3 Å². The van der Waals surface area contributed by atoms with Crippen LogP contribution in [0.2, 0.25) is 0 Å². The maximum Gasteiger partial charge on any atom is 0.340 e. The number of ether oxygens (including phenoxy) is 1. The summed E-state index contributed by atoms with van der Waals surface area (Å²) in [7, 11) is 1.35.